The van der Waals surface area contributed by atoms with Crippen molar-refractivity contribution in [3.05, 3.63) is 52.6 Å². The Kier molecular flexibility index (Phi) is 4.36. The highest BCUT2D eigenvalue weighted by Crippen LogP contribution is 2.43. The van der Waals surface area contributed by atoms with Crippen LogP contribution in [0, 0.1) is 0 Å². The van der Waals surface area contributed by atoms with E-state index in [0.717, 1.165) is 65.9 Å². The smallest absolute Gasteiger partial charge is 0.243 e. The van der Waals surface area contributed by atoms with Gasteiger partial charge >= 0.3 is 0 Å². The second-order valence-corrected chi connectivity index (χ2v) is 9.69. The average molecular weight is 400 g/mol. The van der Waals surface area contributed by atoms with Crippen LogP contribution >= 0.6 is 0 Å². The van der Waals surface area contributed by atoms with Crippen LogP contribution < -0.4 is 9.47 Å². The first-order valence-electron chi connectivity index (χ1n) is 10.1. The van der Waals surface area contributed by atoms with Crippen LogP contribution in [0.15, 0.2) is 35.2 Å². The minimum Gasteiger partial charge on any atom is -0.493 e. The summed E-state index contributed by atoms with van der Waals surface area (Å²) in [6.45, 7) is 3.73. The molecule has 0 atom stereocenters. The van der Waals surface area contributed by atoms with Crippen molar-refractivity contribution in [3.8, 4) is 11.5 Å². The van der Waals surface area contributed by atoms with Crippen molar-refractivity contribution in [3.63, 3.8) is 0 Å². The van der Waals surface area contributed by atoms with Crippen LogP contribution in [-0.4, -0.2) is 32.0 Å². The lowest BCUT2D eigenvalue weighted by Gasteiger charge is -2.24. The van der Waals surface area contributed by atoms with Crippen molar-refractivity contribution in [1.29, 1.82) is 0 Å². The molecule has 3 aliphatic rings. The molecule has 0 unspecified atom stereocenters. The van der Waals surface area contributed by atoms with E-state index < -0.39 is 10.0 Å². The number of nitrogens with zero attached hydrogens (tertiary/aromatic N) is 1. The monoisotopic (exact) mass is 399 g/mol. The van der Waals surface area contributed by atoms with Crippen molar-refractivity contribution in [2.45, 2.75) is 56.5 Å². The molecule has 0 bridgehead atoms. The average Bonchev–Trinajstić information content (AvgIpc) is 3.23. The number of hydrogen-bond acceptors (Lipinski definition) is 4. The largest absolute Gasteiger partial charge is 0.493 e. The van der Waals surface area contributed by atoms with Gasteiger partial charge in [0.15, 0.2) is 0 Å². The Labute approximate surface area is 166 Å². The van der Waals surface area contributed by atoms with Crippen molar-refractivity contribution in [1.82, 2.24) is 4.31 Å². The van der Waals surface area contributed by atoms with Crippen LogP contribution in [0.2, 0.25) is 0 Å². The summed E-state index contributed by atoms with van der Waals surface area (Å²) >= 11 is 0. The zero-order chi connectivity index (χ0) is 19.3. The maximum Gasteiger partial charge on any atom is 0.243 e. The van der Waals surface area contributed by atoms with Crippen molar-refractivity contribution in [2.75, 3.05) is 13.2 Å². The molecule has 0 aromatic heterocycles. The first kappa shape index (κ1) is 18.0. The van der Waals surface area contributed by atoms with Crippen molar-refractivity contribution in [2.24, 2.45) is 0 Å². The minimum absolute atomic E-state index is 0.0751. The van der Waals surface area contributed by atoms with Crippen molar-refractivity contribution < 1.29 is 17.9 Å². The van der Waals surface area contributed by atoms with Gasteiger partial charge in [0.05, 0.1) is 18.1 Å². The van der Waals surface area contributed by atoms with Gasteiger partial charge in [-0.15, -0.1) is 0 Å². The molecule has 5 rings (SSSR count). The topological polar surface area (TPSA) is 55.8 Å². The van der Waals surface area contributed by atoms with Gasteiger partial charge < -0.3 is 9.47 Å². The van der Waals surface area contributed by atoms with E-state index in [2.05, 4.69) is 13.0 Å². The van der Waals surface area contributed by atoms with Gasteiger partial charge in [-0.25, -0.2) is 8.42 Å². The van der Waals surface area contributed by atoms with Crippen LogP contribution in [0.1, 0.15) is 42.0 Å². The molecular weight excluding hydrogens is 374 g/mol. The Morgan fingerprint density at radius 3 is 2.54 bits per heavy atom. The number of ether oxygens (including phenoxy) is 2. The predicted octanol–water partition coefficient (Wildman–Crippen LogP) is 3.47. The molecule has 1 saturated carbocycles. The van der Waals surface area contributed by atoms with Crippen molar-refractivity contribution >= 4 is 10.0 Å². The molecule has 0 N–H and O–H groups in total. The summed E-state index contributed by atoms with van der Waals surface area (Å²) in [7, 11) is -3.56. The third kappa shape index (κ3) is 2.99. The summed E-state index contributed by atoms with van der Waals surface area (Å²) in [6.07, 6.45) is 4.40. The van der Waals surface area contributed by atoms with Crippen LogP contribution in [0.5, 0.6) is 11.5 Å². The van der Waals surface area contributed by atoms with Gasteiger partial charge in [0.2, 0.25) is 10.0 Å². The Morgan fingerprint density at radius 2 is 1.82 bits per heavy atom. The van der Waals surface area contributed by atoms with Gasteiger partial charge in [-0.05, 0) is 43.0 Å². The Morgan fingerprint density at radius 1 is 1.07 bits per heavy atom. The summed E-state index contributed by atoms with van der Waals surface area (Å²) in [6, 6.07) is 9.45. The number of sulfonamides is 1. The molecule has 2 aliphatic heterocycles. The Bertz CT molecular complexity index is 978. The molecule has 2 aromatic rings. The molecule has 1 fully saturated rings. The SMILES string of the molecule is CCc1ccc(S(=O)(=O)N(Cc2c3c(cc4c2OCC4)OCC3)C2CC2)cc1. The Hall–Kier alpha value is -2.05. The number of aryl methyl sites for hydroxylation is 1. The van der Waals surface area contributed by atoms with Crippen LogP contribution in [-0.2, 0) is 35.8 Å². The lowest BCUT2D eigenvalue weighted by Crippen LogP contribution is -2.33. The third-order valence-corrected chi connectivity index (χ3v) is 7.88. The van der Waals surface area contributed by atoms with E-state index in [-0.39, 0.29) is 6.04 Å². The Balaban J connectivity index is 1.54. The van der Waals surface area contributed by atoms with Crippen LogP contribution in [0.25, 0.3) is 0 Å². The molecule has 28 heavy (non-hydrogen) atoms. The highest BCUT2D eigenvalue weighted by molar-refractivity contribution is 7.89. The summed E-state index contributed by atoms with van der Waals surface area (Å²) in [5.41, 5.74) is 4.39. The predicted molar refractivity (Wildman–Crippen MR) is 106 cm³/mol. The standard InChI is InChI=1S/C22H25NO4S/c1-2-15-3-7-18(8-4-15)28(24,25)23(17-5-6-17)14-20-19-10-12-26-21(19)13-16-9-11-27-22(16)20/h3-4,7-8,13,17H,2,5-6,9-12,14H2,1H3. The molecule has 2 heterocycles. The lowest BCUT2D eigenvalue weighted by atomic mass is 9.99. The van der Waals surface area contributed by atoms with E-state index in [1.54, 1.807) is 16.4 Å². The van der Waals surface area contributed by atoms with E-state index in [1.165, 1.54) is 0 Å². The first-order valence-corrected chi connectivity index (χ1v) is 11.6. The molecule has 0 amide bonds. The molecule has 0 radical (unpaired) electrons. The second kappa shape index (κ2) is 6.78. The summed E-state index contributed by atoms with van der Waals surface area (Å²) in [5, 5.41) is 0. The van der Waals surface area contributed by atoms with E-state index >= 15 is 0 Å². The summed E-state index contributed by atoms with van der Waals surface area (Å²) in [5.74, 6) is 1.78. The first-order chi connectivity index (χ1) is 13.6. The summed E-state index contributed by atoms with van der Waals surface area (Å²) < 4.78 is 40.4. The van der Waals surface area contributed by atoms with Crippen LogP contribution in [0.3, 0.4) is 0 Å². The highest BCUT2D eigenvalue weighted by atomic mass is 32.2. The second-order valence-electron chi connectivity index (χ2n) is 7.80. The third-order valence-electron chi connectivity index (χ3n) is 5.97. The number of fused-ring (bicyclic) bond motifs is 2. The maximum atomic E-state index is 13.5. The molecule has 0 spiro atoms. The number of hydrogen-bond donors (Lipinski definition) is 0. The molecule has 6 heteroatoms. The molecule has 2 aromatic carbocycles. The lowest BCUT2D eigenvalue weighted by molar-refractivity contribution is 0.341. The van der Waals surface area contributed by atoms with Gasteiger partial charge in [0.1, 0.15) is 11.5 Å². The summed E-state index contributed by atoms with van der Waals surface area (Å²) in [4.78, 5) is 0.373. The van der Waals surface area contributed by atoms with Gasteiger partial charge in [-0.3, -0.25) is 0 Å². The van der Waals surface area contributed by atoms with Gasteiger partial charge in [0.25, 0.3) is 0 Å². The minimum atomic E-state index is -3.56. The zero-order valence-electron chi connectivity index (χ0n) is 16.1. The fourth-order valence-corrected chi connectivity index (χ4v) is 5.87. The van der Waals surface area contributed by atoms with Gasteiger partial charge in [-0.2, -0.15) is 4.31 Å². The fraction of sp³-hybridized carbons (Fsp3) is 0.455. The molecule has 5 nitrogen and oxygen atoms in total. The normalized spacial score (nSPS) is 17.9. The van der Waals surface area contributed by atoms with E-state index in [9.17, 15) is 8.42 Å². The van der Waals surface area contributed by atoms with E-state index in [0.29, 0.717) is 24.7 Å². The van der Waals surface area contributed by atoms with Gasteiger partial charge in [-0.1, -0.05) is 19.1 Å². The molecular formula is C22H25NO4S. The van der Waals surface area contributed by atoms with Crippen LogP contribution in [0.4, 0.5) is 0 Å². The zero-order valence-corrected chi connectivity index (χ0v) is 16.9. The van der Waals surface area contributed by atoms with E-state index in [1.807, 2.05) is 12.1 Å². The van der Waals surface area contributed by atoms with E-state index in [4.69, 9.17) is 9.47 Å². The molecule has 148 valence electrons. The number of benzene rings is 2. The maximum absolute atomic E-state index is 13.5. The quantitative estimate of drug-likeness (QED) is 0.746. The molecule has 0 saturated heterocycles. The van der Waals surface area contributed by atoms with Gasteiger partial charge in [0, 0.05) is 42.1 Å². The molecule has 1 aliphatic carbocycles. The fourth-order valence-electron chi connectivity index (χ4n) is 4.21. The highest BCUT2D eigenvalue weighted by Gasteiger charge is 2.40. The number of rotatable bonds is 6.